The lowest BCUT2D eigenvalue weighted by atomic mass is 10.2. The average molecular weight is 268 g/mol. The van der Waals surface area contributed by atoms with Crippen molar-refractivity contribution < 1.29 is 19.0 Å². The molecule has 4 nitrogen and oxygen atoms in total. The summed E-state index contributed by atoms with van der Waals surface area (Å²) in [5.74, 6) is -2.43. The summed E-state index contributed by atoms with van der Waals surface area (Å²) >= 11 is 5.82. The third kappa shape index (κ3) is 2.41. The smallest absolute Gasteiger partial charge is 0.342 e. The summed E-state index contributed by atoms with van der Waals surface area (Å²) in [4.78, 5) is 14.8. The van der Waals surface area contributed by atoms with E-state index < -0.39 is 17.3 Å². The number of aromatic nitrogens is 1. The van der Waals surface area contributed by atoms with Gasteiger partial charge in [-0.1, -0.05) is 17.7 Å². The molecule has 1 heterocycles. The van der Waals surface area contributed by atoms with E-state index in [0.717, 1.165) is 6.07 Å². The van der Waals surface area contributed by atoms with Crippen molar-refractivity contribution in [2.45, 2.75) is 0 Å². The highest BCUT2D eigenvalue weighted by molar-refractivity contribution is 6.31. The van der Waals surface area contributed by atoms with E-state index in [1.54, 1.807) is 6.07 Å². The minimum absolute atomic E-state index is 0.0206. The van der Waals surface area contributed by atoms with Crippen molar-refractivity contribution in [1.29, 1.82) is 0 Å². The molecule has 0 saturated carbocycles. The van der Waals surface area contributed by atoms with Gasteiger partial charge in [-0.25, -0.2) is 14.2 Å². The lowest BCUT2D eigenvalue weighted by Gasteiger charge is -2.09. The molecule has 0 radical (unpaired) electrons. The van der Waals surface area contributed by atoms with E-state index in [2.05, 4.69) is 4.98 Å². The molecular formula is C12H7ClFNO3. The van der Waals surface area contributed by atoms with E-state index in [-0.39, 0.29) is 16.7 Å². The highest BCUT2D eigenvalue weighted by atomic mass is 35.5. The number of halogens is 2. The Labute approximate surface area is 107 Å². The van der Waals surface area contributed by atoms with E-state index in [1.807, 2.05) is 0 Å². The number of rotatable bonds is 3. The number of pyridine rings is 1. The van der Waals surface area contributed by atoms with Crippen LogP contribution in [-0.4, -0.2) is 16.1 Å². The molecule has 0 aliphatic rings. The first-order valence-corrected chi connectivity index (χ1v) is 5.27. The first-order valence-electron chi connectivity index (χ1n) is 4.90. The van der Waals surface area contributed by atoms with Crippen LogP contribution in [0.15, 0.2) is 36.5 Å². The Morgan fingerprint density at radius 2 is 2.11 bits per heavy atom. The minimum atomic E-state index is -1.42. The maximum absolute atomic E-state index is 13.4. The van der Waals surface area contributed by atoms with E-state index >= 15 is 0 Å². The van der Waals surface area contributed by atoms with Gasteiger partial charge in [0.1, 0.15) is 22.2 Å². The van der Waals surface area contributed by atoms with Gasteiger partial charge in [0.2, 0.25) is 5.88 Å². The molecule has 6 heteroatoms. The second-order valence-corrected chi connectivity index (χ2v) is 3.72. The summed E-state index contributed by atoms with van der Waals surface area (Å²) in [7, 11) is 0. The van der Waals surface area contributed by atoms with Gasteiger partial charge in [0, 0.05) is 6.20 Å². The van der Waals surface area contributed by atoms with Crippen LogP contribution in [0.5, 0.6) is 11.6 Å². The number of hydrogen-bond acceptors (Lipinski definition) is 3. The van der Waals surface area contributed by atoms with Crippen LogP contribution >= 0.6 is 11.6 Å². The predicted octanol–water partition coefficient (Wildman–Crippen LogP) is 3.36. The Morgan fingerprint density at radius 1 is 1.33 bits per heavy atom. The zero-order valence-corrected chi connectivity index (χ0v) is 9.69. The van der Waals surface area contributed by atoms with Gasteiger partial charge in [0.05, 0.1) is 0 Å². The number of benzene rings is 1. The molecule has 0 aliphatic carbocycles. The highest BCUT2D eigenvalue weighted by Gasteiger charge is 2.18. The van der Waals surface area contributed by atoms with Crippen molar-refractivity contribution in [3.05, 3.63) is 52.9 Å². The molecule has 0 aliphatic heterocycles. The molecule has 0 spiro atoms. The first kappa shape index (κ1) is 12.3. The quantitative estimate of drug-likeness (QED) is 0.926. The Hall–Kier alpha value is -2.14. The van der Waals surface area contributed by atoms with Crippen molar-refractivity contribution in [3.8, 4) is 11.6 Å². The van der Waals surface area contributed by atoms with Gasteiger partial charge in [-0.15, -0.1) is 0 Å². The fourth-order valence-electron chi connectivity index (χ4n) is 1.35. The molecule has 0 amide bonds. The van der Waals surface area contributed by atoms with Crippen molar-refractivity contribution in [3.63, 3.8) is 0 Å². The Kier molecular flexibility index (Phi) is 3.43. The molecule has 1 aromatic carbocycles. The number of nitrogens with zero attached hydrogens (tertiary/aromatic N) is 1. The Balaban J connectivity index is 2.44. The number of carbonyl (C=O) groups is 1. The summed E-state index contributed by atoms with van der Waals surface area (Å²) in [5.41, 5.74) is -0.556. The van der Waals surface area contributed by atoms with Gasteiger partial charge in [-0.2, -0.15) is 0 Å². The van der Waals surface area contributed by atoms with Crippen molar-refractivity contribution >= 4 is 17.6 Å². The molecule has 92 valence electrons. The van der Waals surface area contributed by atoms with E-state index in [9.17, 15) is 9.18 Å². The fourth-order valence-corrected chi connectivity index (χ4v) is 1.51. The molecule has 0 bridgehead atoms. The van der Waals surface area contributed by atoms with Crippen molar-refractivity contribution in [2.75, 3.05) is 0 Å². The number of hydrogen-bond donors (Lipinski definition) is 1. The topological polar surface area (TPSA) is 59.4 Å². The van der Waals surface area contributed by atoms with Crippen LogP contribution in [0, 0.1) is 5.82 Å². The second-order valence-electron chi connectivity index (χ2n) is 3.31. The fraction of sp³-hybridized carbons (Fsp3) is 0. The number of aromatic carboxylic acids is 1. The predicted molar refractivity (Wildman–Crippen MR) is 62.7 cm³/mol. The van der Waals surface area contributed by atoms with E-state index in [4.69, 9.17) is 21.4 Å². The number of carboxylic acids is 1. The van der Waals surface area contributed by atoms with Gasteiger partial charge in [-0.05, 0) is 24.3 Å². The molecular weight excluding hydrogens is 261 g/mol. The zero-order valence-electron chi connectivity index (χ0n) is 8.93. The lowest BCUT2D eigenvalue weighted by Crippen LogP contribution is -2.04. The Morgan fingerprint density at radius 3 is 2.78 bits per heavy atom. The van der Waals surface area contributed by atoms with Crippen LogP contribution in [0.4, 0.5) is 4.39 Å². The maximum atomic E-state index is 13.4. The molecule has 0 atom stereocenters. The molecule has 2 rings (SSSR count). The molecule has 1 aromatic heterocycles. The maximum Gasteiger partial charge on any atom is 0.342 e. The van der Waals surface area contributed by atoms with Crippen LogP contribution in [0.3, 0.4) is 0 Å². The largest absolute Gasteiger partial charge is 0.477 e. The van der Waals surface area contributed by atoms with E-state index in [1.165, 1.54) is 24.4 Å². The summed E-state index contributed by atoms with van der Waals surface area (Å²) in [5, 5.41) is 9.13. The number of ether oxygens (including phenoxy) is 1. The molecule has 1 N–H and O–H groups in total. The third-order valence-electron chi connectivity index (χ3n) is 2.12. The lowest BCUT2D eigenvalue weighted by molar-refractivity contribution is 0.0689. The SMILES string of the molecule is O=C(O)c1c(F)cccc1Oc1ncccc1Cl. The summed E-state index contributed by atoms with van der Waals surface area (Å²) in [6.45, 7) is 0. The van der Waals surface area contributed by atoms with Crippen LogP contribution in [0.1, 0.15) is 10.4 Å². The average Bonchev–Trinajstić information content (AvgIpc) is 2.31. The normalized spacial score (nSPS) is 10.1. The summed E-state index contributed by atoms with van der Waals surface area (Å²) in [6.07, 6.45) is 1.43. The highest BCUT2D eigenvalue weighted by Crippen LogP contribution is 2.30. The standard InChI is InChI=1S/C12H7ClFNO3/c13-7-3-2-6-15-11(7)18-9-5-1-4-8(14)10(9)12(16)17/h1-6H,(H,16,17). The van der Waals surface area contributed by atoms with Crippen LogP contribution < -0.4 is 4.74 Å². The summed E-state index contributed by atoms with van der Waals surface area (Å²) < 4.78 is 18.6. The van der Waals surface area contributed by atoms with Gasteiger partial charge in [0.25, 0.3) is 0 Å². The zero-order chi connectivity index (χ0) is 13.1. The molecule has 2 aromatic rings. The monoisotopic (exact) mass is 267 g/mol. The second kappa shape index (κ2) is 5.01. The van der Waals surface area contributed by atoms with Crippen molar-refractivity contribution in [2.24, 2.45) is 0 Å². The molecule has 0 saturated heterocycles. The van der Waals surface area contributed by atoms with Gasteiger partial charge < -0.3 is 9.84 Å². The molecule has 18 heavy (non-hydrogen) atoms. The van der Waals surface area contributed by atoms with Gasteiger partial charge in [0.15, 0.2) is 0 Å². The summed E-state index contributed by atoms with van der Waals surface area (Å²) in [6, 6.07) is 6.84. The van der Waals surface area contributed by atoms with Crippen LogP contribution in [-0.2, 0) is 0 Å². The molecule has 0 fully saturated rings. The third-order valence-corrected chi connectivity index (χ3v) is 2.41. The van der Waals surface area contributed by atoms with Gasteiger partial charge >= 0.3 is 5.97 Å². The molecule has 0 unspecified atom stereocenters. The van der Waals surface area contributed by atoms with Crippen LogP contribution in [0.2, 0.25) is 5.02 Å². The van der Waals surface area contributed by atoms with Crippen molar-refractivity contribution in [1.82, 2.24) is 4.98 Å². The number of carboxylic acid groups (broad SMARTS) is 1. The Bertz CT molecular complexity index is 604. The minimum Gasteiger partial charge on any atom is -0.477 e. The first-order chi connectivity index (χ1) is 8.59. The van der Waals surface area contributed by atoms with Crippen LogP contribution in [0.25, 0.3) is 0 Å². The van der Waals surface area contributed by atoms with Gasteiger partial charge in [-0.3, -0.25) is 0 Å². The van der Waals surface area contributed by atoms with E-state index in [0.29, 0.717) is 0 Å².